The molecule has 2 aliphatic rings. The SMILES string of the molecule is Cc1cc(C(=O)N(C2CCCCC2)C2CCCC2)ccc1CO. The predicted molar refractivity (Wildman–Crippen MR) is 92.4 cm³/mol. The normalized spacial score (nSPS) is 19.9. The first-order chi connectivity index (χ1) is 11.2. The van der Waals surface area contributed by atoms with Crippen LogP contribution in [-0.4, -0.2) is 28.0 Å². The molecule has 1 N–H and O–H groups in total. The highest BCUT2D eigenvalue weighted by Crippen LogP contribution is 2.32. The molecule has 0 saturated heterocycles. The maximum absolute atomic E-state index is 13.2. The van der Waals surface area contributed by atoms with Gasteiger partial charge in [0.25, 0.3) is 5.91 Å². The fourth-order valence-corrected chi connectivity index (χ4v) is 4.33. The van der Waals surface area contributed by atoms with E-state index < -0.39 is 0 Å². The van der Waals surface area contributed by atoms with E-state index in [0.717, 1.165) is 42.4 Å². The molecule has 1 amide bonds. The third-order valence-corrected chi connectivity index (χ3v) is 5.68. The van der Waals surface area contributed by atoms with Crippen LogP contribution >= 0.6 is 0 Å². The molecule has 126 valence electrons. The van der Waals surface area contributed by atoms with Crippen molar-refractivity contribution in [1.29, 1.82) is 0 Å². The third kappa shape index (κ3) is 3.60. The minimum Gasteiger partial charge on any atom is -0.392 e. The van der Waals surface area contributed by atoms with E-state index in [0.29, 0.717) is 12.1 Å². The lowest BCUT2D eigenvalue weighted by Gasteiger charge is -2.39. The molecule has 2 aliphatic carbocycles. The van der Waals surface area contributed by atoms with Crippen LogP contribution in [0.3, 0.4) is 0 Å². The molecule has 2 saturated carbocycles. The van der Waals surface area contributed by atoms with Gasteiger partial charge in [0.1, 0.15) is 0 Å². The molecule has 3 heteroatoms. The van der Waals surface area contributed by atoms with E-state index >= 15 is 0 Å². The Kier molecular flexibility index (Phi) is 5.37. The molecule has 2 fully saturated rings. The van der Waals surface area contributed by atoms with Crippen molar-refractivity contribution >= 4 is 5.91 Å². The zero-order chi connectivity index (χ0) is 16.2. The minimum absolute atomic E-state index is 0.0370. The molecule has 3 rings (SSSR count). The lowest BCUT2D eigenvalue weighted by molar-refractivity contribution is 0.0518. The third-order valence-electron chi connectivity index (χ3n) is 5.68. The maximum Gasteiger partial charge on any atom is 0.254 e. The van der Waals surface area contributed by atoms with Gasteiger partial charge in [-0.1, -0.05) is 38.2 Å². The van der Waals surface area contributed by atoms with Crippen molar-refractivity contribution in [3.05, 3.63) is 34.9 Å². The summed E-state index contributed by atoms with van der Waals surface area (Å²) < 4.78 is 0. The van der Waals surface area contributed by atoms with Gasteiger partial charge in [0.05, 0.1) is 6.61 Å². The molecule has 0 heterocycles. The van der Waals surface area contributed by atoms with Crippen LogP contribution in [0.15, 0.2) is 18.2 Å². The molecule has 1 aromatic carbocycles. The van der Waals surface area contributed by atoms with Gasteiger partial charge in [-0.15, -0.1) is 0 Å². The average molecular weight is 315 g/mol. The first-order valence-electron chi connectivity index (χ1n) is 9.23. The summed E-state index contributed by atoms with van der Waals surface area (Å²) in [5, 5.41) is 9.34. The molecule has 0 aromatic heterocycles. The van der Waals surface area contributed by atoms with Crippen molar-refractivity contribution in [3.63, 3.8) is 0 Å². The monoisotopic (exact) mass is 315 g/mol. The van der Waals surface area contributed by atoms with Crippen LogP contribution in [0.4, 0.5) is 0 Å². The Labute approximate surface area is 139 Å². The van der Waals surface area contributed by atoms with Crippen LogP contribution in [-0.2, 0) is 6.61 Å². The van der Waals surface area contributed by atoms with Gasteiger partial charge in [-0.2, -0.15) is 0 Å². The number of rotatable bonds is 4. The summed E-state index contributed by atoms with van der Waals surface area (Å²) in [6, 6.07) is 6.61. The number of benzene rings is 1. The second-order valence-electron chi connectivity index (χ2n) is 7.24. The van der Waals surface area contributed by atoms with E-state index in [1.807, 2.05) is 25.1 Å². The number of aryl methyl sites for hydroxylation is 1. The van der Waals surface area contributed by atoms with Crippen LogP contribution < -0.4 is 0 Å². The quantitative estimate of drug-likeness (QED) is 0.904. The first-order valence-corrected chi connectivity index (χ1v) is 9.23. The smallest absolute Gasteiger partial charge is 0.254 e. The van der Waals surface area contributed by atoms with Gasteiger partial charge >= 0.3 is 0 Å². The molecule has 0 bridgehead atoms. The molecule has 3 nitrogen and oxygen atoms in total. The summed E-state index contributed by atoms with van der Waals surface area (Å²) in [5.41, 5.74) is 2.71. The minimum atomic E-state index is 0.0370. The number of hydrogen-bond donors (Lipinski definition) is 1. The van der Waals surface area contributed by atoms with Gasteiger partial charge in [0, 0.05) is 17.6 Å². The summed E-state index contributed by atoms with van der Waals surface area (Å²) >= 11 is 0. The highest BCUT2D eigenvalue weighted by atomic mass is 16.3. The van der Waals surface area contributed by atoms with Gasteiger partial charge in [-0.25, -0.2) is 0 Å². The number of amides is 1. The van der Waals surface area contributed by atoms with E-state index in [9.17, 15) is 9.90 Å². The van der Waals surface area contributed by atoms with Crippen molar-refractivity contribution < 1.29 is 9.90 Å². The molecule has 0 unspecified atom stereocenters. The van der Waals surface area contributed by atoms with Crippen LogP contribution in [0.25, 0.3) is 0 Å². The number of carbonyl (C=O) groups excluding carboxylic acids is 1. The van der Waals surface area contributed by atoms with E-state index in [4.69, 9.17) is 0 Å². The zero-order valence-electron chi connectivity index (χ0n) is 14.3. The van der Waals surface area contributed by atoms with E-state index in [-0.39, 0.29) is 12.5 Å². The Bertz CT molecular complexity index is 543. The number of aliphatic hydroxyl groups is 1. The van der Waals surface area contributed by atoms with E-state index in [2.05, 4.69) is 4.90 Å². The molecule has 23 heavy (non-hydrogen) atoms. The first kappa shape index (κ1) is 16.5. The molecule has 1 aromatic rings. The van der Waals surface area contributed by atoms with Crippen LogP contribution in [0, 0.1) is 6.92 Å². The second kappa shape index (κ2) is 7.48. The summed E-state index contributed by atoms with van der Waals surface area (Å²) in [7, 11) is 0. The highest BCUT2D eigenvalue weighted by Gasteiger charge is 2.33. The fraction of sp³-hybridized carbons (Fsp3) is 0.650. The largest absolute Gasteiger partial charge is 0.392 e. The van der Waals surface area contributed by atoms with E-state index in [1.165, 1.54) is 32.1 Å². The van der Waals surface area contributed by atoms with Gasteiger partial charge in [-0.3, -0.25) is 4.79 Å². The van der Waals surface area contributed by atoms with Crippen molar-refractivity contribution in [2.24, 2.45) is 0 Å². The molecule has 0 radical (unpaired) electrons. The van der Waals surface area contributed by atoms with Crippen LogP contribution in [0.5, 0.6) is 0 Å². The van der Waals surface area contributed by atoms with Gasteiger partial charge in [-0.05, 0) is 55.9 Å². The number of carbonyl (C=O) groups is 1. The molecule has 0 spiro atoms. The van der Waals surface area contributed by atoms with Crippen molar-refractivity contribution in [2.45, 2.75) is 83.4 Å². The molecule has 0 atom stereocenters. The number of hydrogen-bond acceptors (Lipinski definition) is 2. The highest BCUT2D eigenvalue weighted by molar-refractivity contribution is 5.95. The summed E-state index contributed by atoms with van der Waals surface area (Å²) in [6.07, 6.45) is 11.0. The fourth-order valence-electron chi connectivity index (χ4n) is 4.33. The second-order valence-corrected chi connectivity index (χ2v) is 7.24. The maximum atomic E-state index is 13.2. The zero-order valence-corrected chi connectivity index (χ0v) is 14.3. The standard InChI is InChI=1S/C20H29NO2/c1-15-13-16(11-12-17(15)14-22)20(23)21(19-9-5-6-10-19)18-7-3-2-4-8-18/h11-13,18-19,22H,2-10,14H2,1H3. The molecule has 0 aliphatic heterocycles. The van der Waals surface area contributed by atoms with Crippen molar-refractivity contribution in [3.8, 4) is 0 Å². The topological polar surface area (TPSA) is 40.5 Å². The van der Waals surface area contributed by atoms with Crippen LogP contribution in [0.2, 0.25) is 0 Å². The van der Waals surface area contributed by atoms with Gasteiger partial charge < -0.3 is 10.0 Å². The van der Waals surface area contributed by atoms with Gasteiger partial charge in [0.15, 0.2) is 0 Å². The molecular weight excluding hydrogens is 286 g/mol. The number of nitrogens with zero attached hydrogens (tertiary/aromatic N) is 1. The number of aliphatic hydroxyl groups excluding tert-OH is 1. The molecular formula is C20H29NO2. The predicted octanol–water partition coefficient (Wildman–Crippen LogP) is 4.20. The van der Waals surface area contributed by atoms with Crippen molar-refractivity contribution in [1.82, 2.24) is 4.90 Å². The Hall–Kier alpha value is -1.35. The Morgan fingerprint density at radius 1 is 1.04 bits per heavy atom. The lowest BCUT2D eigenvalue weighted by atomic mass is 9.92. The van der Waals surface area contributed by atoms with E-state index in [1.54, 1.807) is 0 Å². The van der Waals surface area contributed by atoms with Crippen molar-refractivity contribution in [2.75, 3.05) is 0 Å². The lowest BCUT2D eigenvalue weighted by Crippen LogP contribution is -2.47. The summed E-state index contributed by atoms with van der Waals surface area (Å²) in [5.74, 6) is 0.205. The Morgan fingerprint density at radius 3 is 2.13 bits per heavy atom. The van der Waals surface area contributed by atoms with Gasteiger partial charge in [0.2, 0.25) is 0 Å². The summed E-state index contributed by atoms with van der Waals surface area (Å²) in [4.78, 5) is 15.5. The Morgan fingerprint density at radius 2 is 1.61 bits per heavy atom. The Balaban J connectivity index is 1.85. The average Bonchev–Trinajstić information content (AvgIpc) is 3.10. The summed E-state index contributed by atoms with van der Waals surface area (Å²) in [6.45, 7) is 2.01. The van der Waals surface area contributed by atoms with Crippen LogP contribution in [0.1, 0.15) is 79.3 Å².